The molecule has 0 bridgehead atoms. The van der Waals surface area contributed by atoms with Crippen LogP contribution < -0.4 is 17.2 Å². The molecular weight excluding hydrogens is 270 g/mol. The Labute approximate surface area is 121 Å². The Bertz CT molecular complexity index is 661. The molecule has 0 unspecified atom stereocenters. The maximum Gasteiger partial charge on any atom is 0.338 e. The number of primary amides is 1. The maximum absolute atomic E-state index is 11.9. The van der Waals surface area contributed by atoms with Gasteiger partial charge in [-0.2, -0.15) is 0 Å². The number of nitrogen functional groups attached to an aromatic ring is 2. The van der Waals surface area contributed by atoms with Crippen molar-refractivity contribution < 1.29 is 14.3 Å². The lowest BCUT2D eigenvalue weighted by Crippen LogP contribution is -2.11. The third kappa shape index (κ3) is 3.73. The van der Waals surface area contributed by atoms with Crippen molar-refractivity contribution in [3.8, 4) is 0 Å². The first-order valence-electron chi connectivity index (χ1n) is 6.17. The predicted octanol–water partition coefficient (Wildman–Crippen LogP) is 1.31. The van der Waals surface area contributed by atoms with Gasteiger partial charge < -0.3 is 21.9 Å². The number of benzene rings is 2. The lowest BCUT2D eigenvalue weighted by molar-refractivity contribution is 0.0472. The quantitative estimate of drug-likeness (QED) is 0.577. The molecule has 0 aliphatic carbocycles. The van der Waals surface area contributed by atoms with Crippen LogP contribution in [0.15, 0.2) is 42.5 Å². The van der Waals surface area contributed by atoms with Crippen LogP contribution in [-0.4, -0.2) is 11.9 Å². The zero-order valence-electron chi connectivity index (χ0n) is 11.2. The fourth-order valence-electron chi connectivity index (χ4n) is 1.79. The van der Waals surface area contributed by atoms with Crippen molar-refractivity contribution in [3.05, 3.63) is 59.2 Å². The number of rotatable bonds is 4. The van der Waals surface area contributed by atoms with E-state index in [1.54, 1.807) is 30.3 Å². The SMILES string of the molecule is NC(=O)c1ccc(COC(=O)c2cc(N)cc(N)c2)cc1. The number of anilines is 2. The molecule has 0 aromatic heterocycles. The number of esters is 1. The van der Waals surface area contributed by atoms with Crippen molar-refractivity contribution >= 4 is 23.3 Å². The second-order valence-electron chi connectivity index (χ2n) is 4.53. The van der Waals surface area contributed by atoms with E-state index >= 15 is 0 Å². The Morgan fingerprint density at radius 3 is 2.00 bits per heavy atom. The molecule has 108 valence electrons. The topological polar surface area (TPSA) is 121 Å². The Morgan fingerprint density at radius 2 is 1.48 bits per heavy atom. The van der Waals surface area contributed by atoms with Gasteiger partial charge in [-0.05, 0) is 35.9 Å². The predicted molar refractivity (Wildman–Crippen MR) is 79.3 cm³/mol. The molecule has 0 spiro atoms. The molecule has 0 radical (unpaired) electrons. The van der Waals surface area contributed by atoms with E-state index in [0.717, 1.165) is 5.56 Å². The highest BCUT2D eigenvalue weighted by atomic mass is 16.5. The summed E-state index contributed by atoms with van der Waals surface area (Å²) in [6, 6.07) is 11.0. The van der Waals surface area contributed by atoms with Gasteiger partial charge in [0, 0.05) is 16.9 Å². The van der Waals surface area contributed by atoms with Crippen LogP contribution in [0.5, 0.6) is 0 Å². The standard InChI is InChI=1S/C15H15N3O3/c16-12-5-11(6-13(17)7-12)15(20)21-8-9-1-3-10(4-2-9)14(18)19/h1-7H,8,16-17H2,(H2,18,19). The number of nitrogens with two attached hydrogens (primary N) is 3. The fourth-order valence-corrected chi connectivity index (χ4v) is 1.79. The smallest absolute Gasteiger partial charge is 0.338 e. The van der Waals surface area contributed by atoms with Crippen LogP contribution in [-0.2, 0) is 11.3 Å². The molecule has 1 amide bonds. The van der Waals surface area contributed by atoms with Gasteiger partial charge in [0.15, 0.2) is 0 Å². The third-order valence-corrected chi connectivity index (χ3v) is 2.82. The average molecular weight is 285 g/mol. The molecule has 0 aliphatic heterocycles. The van der Waals surface area contributed by atoms with E-state index in [0.29, 0.717) is 22.5 Å². The molecule has 2 aromatic rings. The molecule has 0 saturated carbocycles. The molecule has 6 N–H and O–H groups in total. The van der Waals surface area contributed by atoms with E-state index in [4.69, 9.17) is 21.9 Å². The second kappa shape index (κ2) is 5.96. The summed E-state index contributed by atoms with van der Waals surface area (Å²) in [5.41, 5.74) is 18.6. The minimum Gasteiger partial charge on any atom is -0.457 e. The Hall–Kier alpha value is -3.02. The van der Waals surface area contributed by atoms with Gasteiger partial charge >= 0.3 is 5.97 Å². The molecule has 6 nitrogen and oxygen atoms in total. The summed E-state index contributed by atoms with van der Waals surface area (Å²) in [6.07, 6.45) is 0. The van der Waals surface area contributed by atoms with Crippen LogP contribution in [0.1, 0.15) is 26.3 Å². The van der Waals surface area contributed by atoms with E-state index in [2.05, 4.69) is 0 Å². The highest BCUT2D eigenvalue weighted by Crippen LogP contribution is 2.15. The van der Waals surface area contributed by atoms with Gasteiger partial charge in [-0.25, -0.2) is 4.79 Å². The van der Waals surface area contributed by atoms with E-state index in [9.17, 15) is 9.59 Å². The minimum absolute atomic E-state index is 0.0760. The number of ether oxygens (including phenoxy) is 1. The van der Waals surface area contributed by atoms with E-state index in [1.165, 1.54) is 12.1 Å². The lowest BCUT2D eigenvalue weighted by atomic mass is 10.1. The number of amides is 1. The van der Waals surface area contributed by atoms with E-state index in [-0.39, 0.29) is 6.61 Å². The third-order valence-electron chi connectivity index (χ3n) is 2.82. The number of carbonyl (C=O) groups is 2. The highest BCUT2D eigenvalue weighted by molar-refractivity contribution is 5.93. The highest BCUT2D eigenvalue weighted by Gasteiger charge is 2.09. The van der Waals surface area contributed by atoms with Gasteiger partial charge in [0.25, 0.3) is 0 Å². The largest absolute Gasteiger partial charge is 0.457 e. The van der Waals surface area contributed by atoms with Crippen LogP contribution in [0.3, 0.4) is 0 Å². The molecule has 2 aromatic carbocycles. The molecular formula is C15H15N3O3. The number of carbonyl (C=O) groups excluding carboxylic acids is 2. The summed E-state index contributed by atoms with van der Waals surface area (Å²) in [6.45, 7) is 0.0760. The Balaban J connectivity index is 2.02. The van der Waals surface area contributed by atoms with Gasteiger partial charge in [0.05, 0.1) is 5.56 Å². The van der Waals surface area contributed by atoms with Crippen LogP contribution in [0.25, 0.3) is 0 Å². The number of hydrogen-bond donors (Lipinski definition) is 3. The van der Waals surface area contributed by atoms with Crippen LogP contribution >= 0.6 is 0 Å². The summed E-state index contributed by atoms with van der Waals surface area (Å²) in [5.74, 6) is -1.03. The van der Waals surface area contributed by atoms with Gasteiger partial charge in [-0.3, -0.25) is 4.79 Å². The molecule has 2 rings (SSSR count). The fraction of sp³-hybridized carbons (Fsp3) is 0.0667. The summed E-state index contributed by atoms with van der Waals surface area (Å²) < 4.78 is 5.16. The Morgan fingerprint density at radius 1 is 0.905 bits per heavy atom. The molecule has 0 saturated heterocycles. The van der Waals surface area contributed by atoms with Gasteiger partial charge in [0.1, 0.15) is 6.61 Å². The summed E-state index contributed by atoms with van der Waals surface area (Å²) in [4.78, 5) is 22.8. The first-order valence-corrected chi connectivity index (χ1v) is 6.17. The zero-order valence-corrected chi connectivity index (χ0v) is 11.2. The van der Waals surface area contributed by atoms with Crippen molar-refractivity contribution in [2.24, 2.45) is 5.73 Å². The summed E-state index contributed by atoms with van der Waals surface area (Å²) in [7, 11) is 0. The van der Waals surface area contributed by atoms with Gasteiger partial charge in [-0.1, -0.05) is 12.1 Å². The first kappa shape index (κ1) is 14.4. The molecule has 0 atom stereocenters. The van der Waals surface area contributed by atoms with Crippen LogP contribution in [0, 0.1) is 0 Å². The van der Waals surface area contributed by atoms with E-state index < -0.39 is 11.9 Å². The molecule has 6 heteroatoms. The van der Waals surface area contributed by atoms with Crippen molar-refractivity contribution in [3.63, 3.8) is 0 Å². The van der Waals surface area contributed by atoms with Crippen molar-refractivity contribution in [2.45, 2.75) is 6.61 Å². The molecule has 21 heavy (non-hydrogen) atoms. The second-order valence-corrected chi connectivity index (χ2v) is 4.53. The molecule has 0 aliphatic rings. The zero-order chi connectivity index (χ0) is 15.4. The normalized spacial score (nSPS) is 10.1. The lowest BCUT2D eigenvalue weighted by Gasteiger charge is -2.07. The van der Waals surface area contributed by atoms with Crippen LogP contribution in [0.4, 0.5) is 11.4 Å². The van der Waals surface area contributed by atoms with Gasteiger partial charge in [-0.15, -0.1) is 0 Å². The van der Waals surface area contributed by atoms with Gasteiger partial charge in [0.2, 0.25) is 5.91 Å². The minimum atomic E-state index is -0.520. The Kier molecular flexibility index (Phi) is 4.08. The monoisotopic (exact) mass is 285 g/mol. The summed E-state index contributed by atoms with van der Waals surface area (Å²) >= 11 is 0. The van der Waals surface area contributed by atoms with Crippen molar-refractivity contribution in [1.82, 2.24) is 0 Å². The maximum atomic E-state index is 11.9. The average Bonchev–Trinajstić information content (AvgIpc) is 2.44. The van der Waals surface area contributed by atoms with Crippen molar-refractivity contribution in [2.75, 3.05) is 11.5 Å². The summed E-state index contributed by atoms with van der Waals surface area (Å²) in [5, 5.41) is 0. The van der Waals surface area contributed by atoms with E-state index in [1.807, 2.05) is 0 Å². The van der Waals surface area contributed by atoms with Crippen LogP contribution in [0.2, 0.25) is 0 Å². The van der Waals surface area contributed by atoms with Crippen molar-refractivity contribution in [1.29, 1.82) is 0 Å². The molecule has 0 heterocycles. The number of hydrogen-bond acceptors (Lipinski definition) is 5. The first-order chi connectivity index (χ1) is 9.95. The molecule has 0 fully saturated rings.